The van der Waals surface area contributed by atoms with Gasteiger partial charge in [-0.1, -0.05) is 128 Å². The van der Waals surface area contributed by atoms with Crippen molar-refractivity contribution < 1.29 is 586 Å². The van der Waals surface area contributed by atoms with Gasteiger partial charge in [-0.25, -0.2) is 46.2 Å². The molecule has 0 bridgehead atoms. The van der Waals surface area contributed by atoms with Crippen molar-refractivity contribution in [2.75, 3.05) is 39.6 Å². The van der Waals surface area contributed by atoms with E-state index in [2.05, 4.69) is 67.5 Å². The Morgan fingerprint density at radius 1 is 0.274 bits per heavy atom. The molecule has 1 saturated carbocycles. The van der Waals surface area contributed by atoms with Gasteiger partial charge in [-0.15, -0.1) is 41.4 Å². The van der Waals surface area contributed by atoms with Crippen LogP contribution < -0.4 is 549 Å². The van der Waals surface area contributed by atoms with Gasteiger partial charge in [0, 0.05) is 55.7 Å². The molecule has 8 heterocycles. The standard InChI is InChI=1S/C19H21O3.C17H23O4.C15H19O3.3C14H19O3.C13H17O3.7Cs/c1-14-11-19(20-13-14)22-18-10-6-9-17(12-18)21-15(2)16-7-4-3-5-8-16;1-13-9-17(20-11-13)21-16-4-2-3-15(10-16)19-12-14-5-7-18-8-6-14;1-11-7-15(17-9-11)18-14-4-2-3-13(8-14)16-10-12-5-6-12;2*1-10(2)16-12-5-4-6-13(8-12)17-14-7-11(3)9-15-14;1-3-7-15-12-5-4-6-13(9-12)17-14-8-11(2)10-16-14;1-3-14-11-5-4-6-12(8-11)16-13-7-10(2)9-15-13;;;;;;;/h3-10,12-15,19H,11H2,1-2H3;2-4,10-11,13-14,17H,5-9,12H2,1H3;2-4,8-9,11-12,15H,5-7,10H2,1H3;2*4-6,8-11,14H,7H2,1-3H3;4-6,9-11,14H,3,7-8H2,1-2H3;4-6,8-10,13H,3,7H2,1-2H3;;;;;;;/q7*-1;7*+1/t14-,15?,19?;13-,17?;11-,15?;3*11-,14?;10-,13?;;;;;;;/m1111111......./s1. The molecule has 8 aliphatic heterocycles. The molecule has 8 aromatic rings. The summed E-state index contributed by atoms with van der Waals surface area (Å²) in [4.78, 5) is 0. The Morgan fingerprint density at radius 2 is 0.511 bits per heavy atom. The van der Waals surface area contributed by atoms with E-state index in [0.29, 0.717) is 54.0 Å². The van der Waals surface area contributed by atoms with Gasteiger partial charge < -0.3 is 104 Å². The van der Waals surface area contributed by atoms with E-state index in [9.17, 15) is 0 Å². The second-order valence-electron chi connectivity index (χ2n) is 34.5. The zero-order valence-corrected chi connectivity index (χ0v) is 128. The maximum Gasteiger partial charge on any atom is 1.00 e. The Labute approximate surface area is 1220 Å². The summed E-state index contributed by atoms with van der Waals surface area (Å²) < 4.78 is 123. The van der Waals surface area contributed by atoms with Crippen molar-refractivity contribution in [1.29, 1.82) is 0 Å². The van der Waals surface area contributed by atoms with E-state index in [1.54, 1.807) is 0 Å². The monoisotopic (exact) mass is 2690 g/mol. The molecule has 0 N–H and O–H groups in total. The molecule has 9 fully saturated rings. The molecule has 9 aliphatic rings. The first-order valence-electron chi connectivity index (χ1n) is 46.0. The normalized spacial score (nSPS) is 23.3. The van der Waals surface area contributed by atoms with E-state index < -0.39 is 0 Å². The van der Waals surface area contributed by atoms with E-state index in [0.717, 1.165) is 189 Å². The van der Waals surface area contributed by atoms with Crippen LogP contribution in [0, 0.1) is 99.5 Å². The minimum Gasteiger partial charge on any atom is -0.520 e. The molecular formula is C106H137Cs7O22. The van der Waals surface area contributed by atoms with Gasteiger partial charge in [0.05, 0.1) is 38.6 Å². The van der Waals surface area contributed by atoms with Gasteiger partial charge in [0.15, 0.2) is 44.0 Å². The second-order valence-corrected chi connectivity index (χ2v) is 34.5. The van der Waals surface area contributed by atoms with Crippen molar-refractivity contribution in [2.24, 2.45) is 53.3 Å². The van der Waals surface area contributed by atoms with Crippen molar-refractivity contribution in [3.05, 3.63) is 252 Å². The van der Waals surface area contributed by atoms with Crippen LogP contribution in [-0.2, 0) is 37.9 Å². The first-order chi connectivity index (χ1) is 62.1. The van der Waals surface area contributed by atoms with Gasteiger partial charge in [-0.2, -0.15) is 0 Å². The van der Waals surface area contributed by atoms with Crippen LogP contribution in [0.3, 0.4) is 0 Å². The van der Waals surface area contributed by atoms with Crippen LogP contribution in [0.5, 0.6) is 80.5 Å². The first kappa shape index (κ1) is 132. The summed E-state index contributed by atoms with van der Waals surface area (Å²) in [5.74, 6) is 15.9. The molecule has 700 valence electrons. The molecular weight excluding hydrogens is 2560 g/mol. The summed E-state index contributed by atoms with van der Waals surface area (Å²) in [5, 5.41) is 0. The predicted octanol–water partition coefficient (Wildman–Crippen LogP) is 3.79. The molecule has 0 spiro atoms. The fourth-order valence-electron chi connectivity index (χ4n) is 14.0. The van der Waals surface area contributed by atoms with Crippen LogP contribution in [-0.4, -0.2) is 95.9 Å². The number of ether oxygens (including phenoxy) is 22. The molecule has 8 aromatic carbocycles. The Balaban J connectivity index is 0.000000327. The number of hydrogen-bond donors (Lipinski definition) is 0. The van der Waals surface area contributed by atoms with Crippen molar-refractivity contribution in [3.63, 3.8) is 0 Å². The van der Waals surface area contributed by atoms with Gasteiger partial charge in [0.2, 0.25) is 0 Å². The largest absolute Gasteiger partial charge is 1.00 e. The molecule has 0 aromatic heterocycles. The van der Waals surface area contributed by atoms with Crippen molar-refractivity contribution >= 4 is 0 Å². The van der Waals surface area contributed by atoms with E-state index >= 15 is 0 Å². The summed E-state index contributed by atoms with van der Waals surface area (Å²) in [5.41, 5.74) is 1.15. The van der Waals surface area contributed by atoms with Crippen molar-refractivity contribution in [2.45, 2.75) is 236 Å². The number of benzene rings is 8. The van der Waals surface area contributed by atoms with Gasteiger partial charge in [0.25, 0.3) is 0 Å². The average molecular weight is 2690 g/mol. The summed E-state index contributed by atoms with van der Waals surface area (Å²) >= 11 is 0. The van der Waals surface area contributed by atoms with Crippen LogP contribution in [0.15, 0.2) is 200 Å². The van der Waals surface area contributed by atoms with E-state index in [-0.39, 0.29) is 545 Å². The first-order valence-corrected chi connectivity index (χ1v) is 46.0. The number of hydrogen-bond acceptors (Lipinski definition) is 22. The van der Waals surface area contributed by atoms with Crippen LogP contribution in [0.2, 0.25) is 0 Å². The van der Waals surface area contributed by atoms with Gasteiger partial charge >= 0.3 is 482 Å². The summed E-state index contributed by atoms with van der Waals surface area (Å²) in [6.45, 7) is 46.4. The maximum atomic E-state index is 6.00. The Morgan fingerprint density at radius 3 is 0.756 bits per heavy atom. The van der Waals surface area contributed by atoms with E-state index in [4.69, 9.17) is 104 Å². The topological polar surface area (TPSA) is 203 Å². The van der Waals surface area contributed by atoms with Gasteiger partial charge in [-0.3, -0.25) is 0 Å². The minimum atomic E-state index is -0.197. The smallest absolute Gasteiger partial charge is 0.520 e. The SMILES string of the molecule is CC(C)Oc1cccc(OC2C[C@@H](C)[CH-]O2)c1.CC(C)Oc1cccc(OC2C[C@@H](C)[CH-]O2)c1.CC(Oc1cccc(OC2C[C@@H](C)[CH-]O2)c1)c1ccccc1.CCCOc1cccc(OC2C[C@@H](C)[CH-]O2)c1.CCOc1cccc(OC2C[C@@H](C)[CH-]O2)c1.C[C@H]1[CH-]OC(Oc2cccc(OCC3CC3)c2)C1.C[C@H]1[CH-]OC(Oc2cccc(OCC3CCOCC3)c2)C1.[Cs+].[Cs+].[Cs+].[Cs+].[Cs+].[Cs+].[Cs+]. The minimum absolute atomic E-state index is 0. The average Bonchev–Trinajstić information content (AvgIpc) is 1.65. The van der Waals surface area contributed by atoms with Crippen LogP contribution in [0.4, 0.5) is 0 Å². The fraction of sp³-hybridized carbons (Fsp3) is 0.481. The second kappa shape index (κ2) is 75.7. The quantitative estimate of drug-likeness (QED) is 0.0551. The molecule has 8 saturated heterocycles. The fourth-order valence-corrected chi connectivity index (χ4v) is 14.0. The zero-order chi connectivity index (χ0) is 90.2. The molecule has 15 atom stereocenters. The molecule has 1 aliphatic carbocycles. The molecule has 29 heteroatoms. The number of rotatable bonds is 32. The van der Waals surface area contributed by atoms with Crippen LogP contribution >= 0.6 is 0 Å². The molecule has 8 unspecified atom stereocenters. The third-order valence-corrected chi connectivity index (χ3v) is 20.8. The third-order valence-electron chi connectivity index (χ3n) is 20.8. The summed E-state index contributed by atoms with van der Waals surface area (Å²) in [6, 6.07) is 64.1. The summed E-state index contributed by atoms with van der Waals surface area (Å²) in [6.07, 6.45) is 11.2. The third kappa shape index (κ3) is 54.9. The van der Waals surface area contributed by atoms with Gasteiger partial charge in [0.1, 0.15) is 86.6 Å². The molecule has 0 radical (unpaired) electrons. The van der Waals surface area contributed by atoms with Crippen LogP contribution in [0.1, 0.15) is 186 Å². The molecule has 22 nitrogen and oxygen atoms in total. The Bertz CT molecular complexity index is 4350. The van der Waals surface area contributed by atoms with Crippen molar-refractivity contribution in [3.8, 4) is 80.5 Å². The van der Waals surface area contributed by atoms with E-state index in [1.807, 2.05) is 276 Å². The summed E-state index contributed by atoms with van der Waals surface area (Å²) in [7, 11) is 0. The predicted molar refractivity (Wildman–Crippen MR) is 491 cm³/mol. The Kier molecular flexibility index (Phi) is 74.2. The maximum absolute atomic E-state index is 6.00. The van der Waals surface area contributed by atoms with E-state index in [1.165, 1.54) is 12.8 Å². The zero-order valence-electron chi connectivity index (χ0n) is 84.3. The van der Waals surface area contributed by atoms with Crippen molar-refractivity contribution in [1.82, 2.24) is 0 Å². The van der Waals surface area contributed by atoms with Gasteiger partial charge in [-0.05, 0) is 221 Å². The van der Waals surface area contributed by atoms with Crippen LogP contribution in [0.25, 0.3) is 0 Å². The molecule has 0 amide bonds. The molecule has 17 rings (SSSR count). The Hall–Kier alpha value is 5.00. The molecule has 135 heavy (non-hydrogen) atoms.